The van der Waals surface area contributed by atoms with Crippen molar-refractivity contribution in [2.45, 2.75) is 19.3 Å². The molecule has 1 aliphatic rings. The molecule has 1 saturated carbocycles. The van der Waals surface area contributed by atoms with E-state index in [1.54, 1.807) is 11.3 Å². The summed E-state index contributed by atoms with van der Waals surface area (Å²) in [5, 5.41) is 4.40. The maximum atomic E-state index is 11.7. The highest BCUT2D eigenvalue weighted by atomic mass is 79.9. The molecule has 0 unspecified atom stereocenters. The van der Waals surface area contributed by atoms with Gasteiger partial charge in [-0.15, -0.1) is 11.3 Å². The van der Waals surface area contributed by atoms with E-state index in [1.165, 1.54) is 7.11 Å². The second kappa shape index (κ2) is 4.75. The topological polar surface area (TPSA) is 38.3 Å². The minimum Gasteiger partial charge on any atom is -0.469 e. The Morgan fingerprint density at radius 1 is 1.62 bits per heavy atom. The van der Waals surface area contributed by atoms with Crippen LogP contribution >= 0.6 is 27.3 Å². The number of rotatable bonds is 4. The summed E-state index contributed by atoms with van der Waals surface area (Å²) in [5.41, 5.74) is -0.286. The molecule has 5 heteroatoms. The number of hydrogen-bond donors (Lipinski definition) is 1. The number of methoxy groups -OCH3 is 1. The van der Waals surface area contributed by atoms with Crippen LogP contribution in [0.15, 0.2) is 15.9 Å². The van der Waals surface area contributed by atoms with Crippen molar-refractivity contribution >= 4 is 38.2 Å². The first-order valence-corrected chi connectivity index (χ1v) is 6.85. The SMILES string of the molecule is COC(=O)C1(CNc2ccc(Br)s2)CCC1. The smallest absolute Gasteiger partial charge is 0.313 e. The van der Waals surface area contributed by atoms with Crippen molar-refractivity contribution in [3.63, 3.8) is 0 Å². The number of ether oxygens (including phenoxy) is 1. The lowest BCUT2D eigenvalue weighted by Crippen LogP contribution is -2.44. The summed E-state index contributed by atoms with van der Waals surface area (Å²) in [4.78, 5) is 11.7. The standard InChI is InChI=1S/C11H14BrNO2S/c1-15-10(14)11(5-2-6-11)7-13-9-4-3-8(12)16-9/h3-4,13H,2,5-7H2,1H3. The number of anilines is 1. The molecule has 1 aromatic heterocycles. The van der Waals surface area contributed by atoms with Gasteiger partial charge >= 0.3 is 5.97 Å². The van der Waals surface area contributed by atoms with Gasteiger partial charge in [0.05, 0.1) is 21.3 Å². The fourth-order valence-electron chi connectivity index (χ4n) is 1.94. The Balaban J connectivity index is 1.95. The lowest BCUT2D eigenvalue weighted by atomic mass is 9.68. The lowest BCUT2D eigenvalue weighted by Gasteiger charge is -2.38. The van der Waals surface area contributed by atoms with Gasteiger partial charge in [0, 0.05) is 6.54 Å². The molecule has 0 saturated heterocycles. The number of nitrogens with one attached hydrogen (secondary N) is 1. The molecule has 1 heterocycles. The van der Waals surface area contributed by atoms with Gasteiger partial charge in [0.25, 0.3) is 0 Å². The molecular weight excluding hydrogens is 290 g/mol. The number of halogens is 1. The lowest BCUT2D eigenvalue weighted by molar-refractivity contribution is -0.157. The summed E-state index contributed by atoms with van der Waals surface area (Å²) in [7, 11) is 1.46. The van der Waals surface area contributed by atoms with Crippen LogP contribution in [-0.4, -0.2) is 19.6 Å². The van der Waals surface area contributed by atoms with Crippen LogP contribution in [0.4, 0.5) is 5.00 Å². The molecular formula is C11H14BrNO2S. The Kier molecular flexibility index (Phi) is 3.54. The molecule has 0 radical (unpaired) electrons. The second-order valence-corrected chi connectivity index (χ2v) is 6.55. The van der Waals surface area contributed by atoms with Gasteiger partial charge in [-0.05, 0) is 40.9 Å². The van der Waals surface area contributed by atoms with E-state index < -0.39 is 0 Å². The summed E-state index contributed by atoms with van der Waals surface area (Å²) in [6.45, 7) is 0.673. The van der Waals surface area contributed by atoms with Crippen molar-refractivity contribution in [2.24, 2.45) is 5.41 Å². The monoisotopic (exact) mass is 303 g/mol. The highest BCUT2D eigenvalue weighted by Gasteiger charge is 2.45. The summed E-state index contributed by atoms with van der Waals surface area (Å²) >= 11 is 5.05. The summed E-state index contributed by atoms with van der Waals surface area (Å²) in [5.74, 6) is -0.0816. The highest BCUT2D eigenvalue weighted by molar-refractivity contribution is 9.11. The average molecular weight is 304 g/mol. The zero-order chi connectivity index (χ0) is 11.6. The Morgan fingerprint density at radius 3 is 2.81 bits per heavy atom. The van der Waals surface area contributed by atoms with Crippen LogP contribution in [-0.2, 0) is 9.53 Å². The highest BCUT2D eigenvalue weighted by Crippen LogP contribution is 2.42. The van der Waals surface area contributed by atoms with E-state index in [1.807, 2.05) is 12.1 Å². The minimum absolute atomic E-state index is 0.0816. The van der Waals surface area contributed by atoms with E-state index in [2.05, 4.69) is 21.2 Å². The number of esters is 1. The van der Waals surface area contributed by atoms with Gasteiger partial charge in [-0.3, -0.25) is 4.79 Å². The Hall–Kier alpha value is -0.550. The van der Waals surface area contributed by atoms with Gasteiger partial charge in [-0.1, -0.05) is 6.42 Å². The normalized spacial score (nSPS) is 17.6. The van der Waals surface area contributed by atoms with Crippen LogP contribution < -0.4 is 5.32 Å². The average Bonchev–Trinajstić information content (AvgIpc) is 2.62. The van der Waals surface area contributed by atoms with Crippen molar-refractivity contribution in [1.29, 1.82) is 0 Å². The Bertz CT molecular complexity index is 387. The Labute approximate surface area is 107 Å². The van der Waals surface area contributed by atoms with Crippen molar-refractivity contribution in [3.05, 3.63) is 15.9 Å². The zero-order valence-electron chi connectivity index (χ0n) is 9.09. The van der Waals surface area contributed by atoms with E-state index in [0.29, 0.717) is 6.54 Å². The molecule has 1 N–H and O–H groups in total. The third kappa shape index (κ3) is 2.25. The van der Waals surface area contributed by atoms with Crippen molar-refractivity contribution in [2.75, 3.05) is 19.0 Å². The number of thiophene rings is 1. The summed E-state index contributed by atoms with van der Waals surface area (Å²) in [6.07, 6.45) is 2.98. The van der Waals surface area contributed by atoms with Crippen LogP contribution in [0.1, 0.15) is 19.3 Å². The van der Waals surface area contributed by atoms with Gasteiger partial charge in [-0.2, -0.15) is 0 Å². The third-order valence-corrected chi connectivity index (χ3v) is 4.68. The molecule has 2 rings (SSSR count). The van der Waals surface area contributed by atoms with Gasteiger partial charge in [0.2, 0.25) is 0 Å². The first-order chi connectivity index (χ1) is 7.66. The molecule has 1 fully saturated rings. The van der Waals surface area contributed by atoms with Crippen LogP contribution in [0.5, 0.6) is 0 Å². The van der Waals surface area contributed by atoms with Crippen LogP contribution in [0, 0.1) is 5.41 Å². The van der Waals surface area contributed by atoms with Crippen molar-refractivity contribution in [1.82, 2.24) is 0 Å². The molecule has 0 aromatic carbocycles. The minimum atomic E-state index is -0.286. The van der Waals surface area contributed by atoms with Crippen LogP contribution in [0.25, 0.3) is 0 Å². The largest absolute Gasteiger partial charge is 0.469 e. The predicted octanol–water partition coefficient (Wildman–Crippen LogP) is 3.27. The maximum Gasteiger partial charge on any atom is 0.313 e. The molecule has 0 amide bonds. The molecule has 1 aromatic rings. The molecule has 0 aliphatic heterocycles. The molecule has 0 atom stereocenters. The summed E-state index contributed by atoms with van der Waals surface area (Å²) < 4.78 is 5.96. The molecule has 88 valence electrons. The fourth-order valence-corrected chi connectivity index (χ4v) is 3.22. The first kappa shape index (κ1) is 11.9. The zero-order valence-corrected chi connectivity index (χ0v) is 11.5. The molecule has 0 spiro atoms. The number of carbonyl (C=O) groups excluding carboxylic acids is 1. The molecule has 0 bridgehead atoms. The molecule has 3 nitrogen and oxygen atoms in total. The van der Waals surface area contributed by atoms with Gasteiger partial charge in [-0.25, -0.2) is 0 Å². The van der Waals surface area contributed by atoms with E-state index in [9.17, 15) is 4.79 Å². The second-order valence-electron chi connectivity index (χ2n) is 4.08. The van der Waals surface area contributed by atoms with E-state index in [-0.39, 0.29) is 11.4 Å². The molecule has 16 heavy (non-hydrogen) atoms. The third-order valence-electron chi connectivity index (χ3n) is 3.10. The predicted molar refractivity (Wildman–Crippen MR) is 68.8 cm³/mol. The van der Waals surface area contributed by atoms with Crippen LogP contribution in [0.3, 0.4) is 0 Å². The summed E-state index contributed by atoms with van der Waals surface area (Å²) in [6, 6.07) is 4.01. The Morgan fingerprint density at radius 2 is 2.38 bits per heavy atom. The van der Waals surface area contributed by atoms with E-state index in [0.717, 1.165) is 28.0 Å². The first-order valence-electron chi connectivity index (χ1n) is 5.24. The fraction of sp³-hybridized carbons (Fsp3) is 0.545. The maximum absolute atomic E-state index is 11.7. The van der Waals surface area contributed by atoms with Gasteiger partial charge in [0.1, 0.15) is 0 Å². The number of carbonyl (C=O) groups is 1. The van der Waals surface area contributed by atoms with Gasteiger partial charge in [0.15, 0.2) is 0 Å². The molecule has 1 aliphatic carbocycles. The van der Waals surface area contributed by atoms with E-state index >= 15 is 0 Å². The van der Waals surface area contributed by atoms with Crippen LogP contribution in [0.2, 0.25) is 0 Å². The van der Waals surface area contributed by atoms with Crippen molar-refractivity contribution < 1.29 is 9.53 Å². The van der Waals surface area contributed by atoms with Crippen molar-refractivity contribution in [3.8, 4) is 0 Å². The number of hydrogen-bond acceptors (Lipinski definition) is 4. The van der Waals surface area contributed by atoms with E-state index in [4.69, 9.17) is 4.74 Å². The van der Waals surface area contributed by atoms with Gasteiger partial charge < -0.3 is 10.1 Å². The quantitative estimate of drug-likeness (QED) is 0.868.